The number of hydrogen-bond acceptors (Lipinski definition) is 5. The van der Waals surface area contributed by atoms with Crippen molar-refractivity contribution in [3.63, 3.8) is 0 Å². The molecule has 3 amide bonds. The number of ether oxygens (including phenoxy) is 2. The second kappa shape index (κ2) is 7.63. The van der Waals surface area contributed by atoms with Gasteiger partial charge in [-0.2, -0.15) is 0 Å². The number of carbonyl (C=O) groups is 3. The molecule has 0 saturated carbocycles. The maximum absolute atomic E-state index is 11.9. The van der Waals surface area contributed by atoms with E-state index in [1.165, 1.54) is 33.2 Å². The highest BCUT2D eigenvalue weighted by atomic mass is 79.9. The fourth-order valence-corrected chi connectivity index (χ4v) is 1.89. The molecule has 0 fully saturated rings. The van der Waals surface area contributed by atoms with Crippen molar-refractivity contribution in [1.82, 2.24) is 10.6 Å². The second-order valence-corrected chi connectivity index (χ2v) is 4.82. The number of amides is 3. The lowest BCUT2D eigenvalue weighted by Crippen LogP contribution is -2.43. The van der Waals surface area contributed by atoms with E-state index in [4.69, 9.17) is 9.47 Å². The lowest BCUT2D eigenvalue weighted by molar-refractivity contribution is -0.127. The summed E-state index contributed by atoms with van der Waals surface area (Å²) in [6.45, 7) is 1.37. The first-order valence-corrected chi connectivity index (χ1v) is 6.75. The van der Waals surface area contributed by atoms with E-state index in [0.717, 1.165) is 0 Å². The van der Waals surface area contributed by atoms with Crippen LogP contribution in [0.4, 0.5) is 4.79 Å². The lowest BCUT2D eigenvalue weighted by Gasteiger charge is -2.13. The standard InChI is InChI=1S/C13H15BrN2O5/c1-7(11(17)16-13(19)15-2)21-12(18)8-4-5-10(20-3)9(14)6-8/h4-7H,1-3H3,(H2,15,16,17,19)/t7-/m1/s1. The van der Waals surface area contributed by atoms with Gasteiger partial charge in [-0.15, -0.1) is 0 Å². The van der Waals surface area contributed by atoms with Gasteiger partial charge in [0.15, 0.2) is 6.10 Å². The van der Waals surface area contributed by atoms with Crippen molar-refractivity contribution in [1.29, 1.82) is 0 Å². The maximum atomic E-state index is 11.9. The smallest absolute Gasteiger partial charge is 0.338 e. The Morgan fingerprint density at radius 2 is 1.95 bits per heavy atom. The Bertz CT molecular complexity index is 561. The van der Waals surface area contributed by atoms with Crippen LogP contribution in [-0.4, -0.2) is 38.2 Å². The molecule has 0 unspecified atom stereocenters. The minimum atomic E-state index is -1.10. The van der Waals surface area contributed by atoms with Gasteiger partial charge in [-0.1, -0.05) is 0 Å². The van der Waals surface area contributed by atoms with Gasteiger partial charge in [0.05, 0.1) is 17.1 Å². The summed E-state index contributed by atoms with van der Waals surface area (Å²) in [7, 11) is 2.87. The Balaban J connectivity index is 2.70. The number of halogens is 1. The van der Waals surface area contributed by atoms with Crippen molar-refractivity contribution < 1.29 is 23.9 Å². The number of urea groups is 1. The van der Waals surface area contributed by atoms with Gasteiger partial charge in [0.1, 0.15) is 5.75 Å². The molecule has 2 N–H and O–H groups in total. The molecule has 0 heterocycles. The monoisotopic (exact) mass is 358 g/mol. The Hall–Kier alpha value is -2.09. The zero-order chi connectivity index (χ0) is 16.0. The highest BCUT2D eigenvalue weighted by molar-refractivity contribution is 9.10. The molecule has 0 aromatic heterocycles. The predicted octanol–water partition coefficient (Wildman–Crippen LogP) is 1.46. The van der Waals surface area contributed by atoms with Crippen LogP contribution in [0.2, 0.25) is 0 Å². The fourth-order valence-electron chi connectivity index (χ4n) is 1.35. The number of hydrogen-bond donors (Lipinski definition) is 2. The fraction of sp³-hybridized carbons (Fsp3) is 0.308. The SMILES string of the molecule is CNC(=O)NC(=O)[C@@H](C)OC(=O)c1ccc(OC)c(Br)c1. The maximum Gasteiger partial charge on any atom is 0.338 e. The summed E-state index contributed by atoms with van der Waals surface area (Å²) in [5, 5.41) is 4.24. The molecule has 0 bridgehead atoms. The third-order valence-electron chi connectivity index (χ3n) is 2.50. The minimum Gasteiger partial charge on any atom is -0.496 e. The van der Waals surface area contributed by atoms with Gasteiger partial charge in [-0.25, -0.2) is 9.59 Å². The summed E-state index contributed by atoms with van der Waals surface area (Å²) in [6.07, 6.45) is -1.10. The zero-order valence-corrected chi connectivity index (χ0v) is 13.3. The van der Waals surface area contributed by atoms with Crippen LogP contribution in [0.1, 0.15) is 17.3 Å². The Morgan fingerprint density at radius 3 is 2.48 bits per heavy atom. The average molecular weight is 359 g/mol. The highest BCUT2D eigenvalue weighted by Crippen LogP contribution is 2.25. The molecular weight excluding hydrogens is 344 g/mol. The highest BCUT2D eigenvalue weighted by Gasteiger charge is 2.20. The van der Waals surface area contributed by atoms with Crippen LogP contribution in [0.3, 0.4) is 0 Å². The van der Waals surface area contributed by atoms with Crippen LogP contribution in [0, 0.1) is 0 Å². The first-order chi connectivity index (χ1) is 9.88. The van der Waals surface area contributed by atoms with Gasteiger partial charge in [-0.3, -0.25) is 10.1 Å². The zero-order valence-electron chi connectivity index (χ0n) is 11.7. The third kappa shape index (κ3) is 4.75. The molecule has 0 radical (unpaired) electrons. The number of imide groups is 1. The first kappa shape index (κ1) is 17.0. The van der Waals surface area contributed by atoms with E-state index in [2.05, 4.69) is 21.2 Å². The van der Waals surface area contributed by atoms with Gasteiger partial charge in [0.25, 0.3) is 5.91 Å². The van der Waals surface area contributed by atoms with E-state index in [9.17, 15) is 14.4 Å². The number of nitrogens with one attached hydrogen (secondary N) is 2. The van der Waals surface area contributed by atoms with Crippen LogP contribution in [0.15, 0.2) is 22.7 Å². The topological polar surface area (TPSA) is 93.7 Å². The number of methoxy groups -OCH3 is 1. The van der Waals surface area contributed by atoms with Crippen molar-refractivity contribution >= 4 is 33.8 Å². The molecule has 0 spiro atoms. The van der Waals surface area contributed by atoms with E-state index < -0.39 is 24.0 Å². The predicted molar refractivity (Wildman–Crippen MR) is 78.2 cm³/mol. The van der Waals surface area contributed by atoms with Crippen molar-refractivity contribution in [2.45, 2.75) is 13.0 Å². The van der Waals surface area contributed by atoms with Crippen molar-refractivity contribution in [3.05, 3.63) is 28.2 Å². The normalized spacial score (nSPS) is 11.2. The van der Waals surface area contributed by atoms with E-state index in [1.54, 1.807) is 6.07 Å². The Labute approximate surface area is 130 Å². The molecule has 21 heavy (non-hydrogen) atoms. The summed E-state index contributed by atoms with van der Waals surface area (Å²) < 4.78 is 10.6. The number of rotatable bonds is 4. The summed E-state index contributed by atoms with van der Waals surface area (Å²) in [6, 6.07) is 3.95. The molecule has 0 saturated heterocycles. The quantitative estimate of drug-likeness (QED) is 0.794. The first-order valence-electron chi connectivity index (χ1n) is 5.96. The molecule has 7 nitrogen and oxygen atoms in total. The Morgan fingerprint density at radius 1 is 1.29 bits per heavy atom. The number of benzene rings is 1. The number of esters is 1. The summed E-state index contributed by atoms with van der Waals surface area (Å²) in [4.78, 5) is 34.5. The minimum absolute atomic E-state index is 0.252. The largest absolute Gasteiger partial charge is 0.496 e. The van der Waals surface area contributed by atoms with Crippen molar-refractivity contribution in [2.75, 3.05) is 14.2 Å². The van der Waals surface area contributed by atoms with Gasteiger partial charge in [0.2, 0.25) is 0 Å². The molecule has 1 rings (SSSR count). The van der Waals surface area contributed by atoms with Crippen LogP contribution in [0.25, 0.3) is 0 Å². The van der Waals surface area contributed by atoms with Gasteiger partial charge in [0, 0.05) is 7.05 Å². The molecule has 114 valence electrons. The summed E-state index contributed by atoms with van der Waals surface area (Å²) in [5.74, 6) is -0.829. The lowest BCUT2D eigenvalue weighted by atomic mass is 10.2. The van der Waals surface area contributed by atoms with Crippen molar-refractivity contribution in [2.24, 2.45) is 0 Å². The summed E-state index contributed by atoms with van der Waals surface area (Å²) in [5.41, 5.74) is 0.252. The molecule has 8 heteroatoms. The molecule has 0 aliphatic carbocycles. The molecule has 0 aliphatic heterocycles. The second-order valence-electron chi connectivity index (χ2n) is 3.97. The molecule has 1 atom stereocenters. The molecule has 0 aliphatic rings. The van der Waals surface area contributed by atoms with E-state index in [1.807, 2.05) is 5.32 Å². The summed E-state index contributed by atoms with van der Waals surface area (Å²) >= 11 is 3.25. The van der Waals surface area contributed by atoms with E-state index in [-0.39, 0.29) is 5.56 Å². The van der Waals surface area contributed by atoms with Gasteiger partial charge in [-0.05, 0) is 41.1 Å². The van der Waals surface area contributed by atoms with Gasteiger partial charge >= 0.3 is 12.0 Å². The van der Waals surface area contributed by atoms with Crippen molar-refractivity contribution in [3.8, 4) is 5.75 Å². The van der Waals surface area contributed by atoms with Crippen LogP contribution < -0.4 is 15.4 Å². The molecule has 1 aromatic carbocycles. The van der Waals surface area contributed by atoms with Crippen LogP contribution in [0.5, 0.6) is 5.75 Å². The van der Waals surface area contributed by atoms with Crippen LogP contribution >= 0.6 is 15.9 Å². The Kier molecular flexibility index (Phi) is 6.16. The third-order valence-corrected chi connectivity index (χ3v) is 3.12. The number of carbonyl (C=O) groups excluding carboxylic acids is 3. The molecule has 1 aromatic rings. The average Bonchev–Trinajstić information content (AvgIpc) is 2.46. The van der Waals surface area contributed by atoms with Gasteiger partial charge < -0.3 is 14.8 Å². The molecular formula is C13H15BrN2O5. The van der Waals surface area contributed by atoms with Crippen LogP contribution in [-0.2, 0) is 9.53 Å². The van der Waals surface area contributed by atoms with E-state index in [0.29, 0.717) is 10.2 Å². The van der Waals surface area contributed by atoms with E-state index >= 15 is 0 Å².